The van der Waals surface area contributed by atoms with Crippen LogP contribution < -0.4 is 9.80 Å². The van der Waals surface area contributed by atoms with Gasteiger partial charge in [0.2, 0.25) is 5.95 Å². The molecule has 6 nitrogen and oxygen atoms in total. The molecule has 3 rings (SSSR count). The molecule has 0 amide bonds. The van der Waals surface area contributed by atoms with Crippen LogP contribution in [0.4, 0.5) is 11.8 Å². The minimum Gasteiger partial charge on any atom is -0.356 e. The maximum absolute atomic E-state index is 4.70. The van der Waals surface area contributed by atoms with Crippen molar-refractivity contribution in [3.05, 3.63) is 36.0 Å². The highest BCUT2D eigenvalue weighted by atomic mass is 15.2. The van der Waals surface area contributed by atoms with Gasteiger partial charge in [0.05, 0.1) is 5.69 Å². The molecule has 0 spiro atoms. The molecule has 0 saturated carbocycles. The van der Waals surface area contributed by atoms with Crippen molar-refractivity contribution in [3.8, 4) is 0 Å². The van der Waals surface area contributed by atoms with Crippen molar-refractivity contribution in [2.24, 2.45) is 0 Å². The first-order chi connectivity index (χ1) is 10.6. The van der Waals surface area contributed by atoms with E-state index in [2.05, 4.69) is 19.9 Å². The number of hydrogen-bond acceptors (Lipinski definition) is 6. The lowest BCUT2D eigenvalue weighted by Crippen LogP contribution is -2.35. The molecule has 0 aliphatic carbocycles. The predicted molar refractivity (Wildman–Crippen MR) is 87.3 cm³/mol. The fourth-order valence-electron chi connectivity index (χ4n) is 2.84. The minimum absolute atomic E-state index is 0.422. The number of piperidine rings is 1. The van der Waals surface area contributed by atoms with Gasteiger partial charge in [-0.05, 0) is 25.8 Å². The average molecular weight is 298 g/mol. The molecular formula is C16H22N6. The molecule has 1 aliphatic heterocycles. The lowest BCUT2D eigenvalue weighted by atomic mass is 9.94. The summed E-state index contributed by atoms with van der Waals surface area (Å²) in [5.74, 6) is 2.21. The van der Waals surface area contributed by atoms with E-state index in [-0.39, 0.29) is 0 Å². The molecule has 1 saturated heterocycles. The van der Waals surface area contributed by atoms with E-state index in [4.69, 9.17) is 4.98 Å². The van der Waals surface area contributed by atoms with Crippen LogP contribution >= 0.6 is 0 Å². The second kappa shape index (κ2) is 6.25. The summed E-state index contributed by atoms with van der Waals surface area (Å²) in [6.45, 7) is 3.99. The second-order valence-electron chi connectivity index (χ2n) is 5.98. The summed E-state index contributed by atoms with van der Waals surface area (Å²) in [5, 5.41) is 0. The molecule has 0 N–H and O–H groups in total. The smallest absolute Gasteiger partial charge is 0.224 e. The first-order valence-corrected chi connectivity index (χ1v) is 7.67. The Morgan fingerprint density at radius 3 is 2.86 bits per heavy atom. The van der Waals surface area contributed by atoms with E-state index < -0.39 is 0 Å². The summed E-state index contributed by atoms with van der Waals surface area (Å²) in [6, 6.07) is 4.08. The van der Waals surface area contributed by atoms with Crippen molar-refractivity contribution in [2.45, 2.75) is 25.7 Å². The maximum atomic E-state index is 4.70. The number of nitrogens with zero attached hydrogens (tertiary/aromatic N) is 6. The minimum atomic E-state index is 0.422. The predicted octanol–water partition coefficient (Wildman–Crippen LogP) is 2.03. The van der Waals surface area contributed by atoms with Gasteiger partial charge >= 0.3 is 0 Å². The molecule has 116 valence electrons. The SMILES string of the molecule is Cc1cc(N2CCC[C@@H](c3ccnc(N(C)C)n3)C2)ncn1. The first-order valence-electron chi connectivity index (χ1n) is 7.67. The van der Waals surface area contributed by atoms with Crippen LogP contribution in [-0.4, -0.2) is 47.1 Å². The number of aromatic nitrogens is 4. The zero-order chi connectivity index (χ0) is 15.5. The van der Waals surface area contributed by atoms with E-state index in [0.29, 0.717) is 5.92 Å². The topological polar surface area (TPSA) is 58.0 Å². The highest BCUT2D eigenvalue weighted by Crippen LogP contribution is 2.28. The van der Waals surface area contributed by atoms with Crippen molar-refractivity contribution in [2.75, 3.05) is 37.0 Å². The molecule has 6 heteroatoms. The van der Waals surface area contributed by atoms with Crippen LogP contribution in [0.3, 0.4) is 0 Å². The second-order valence-corrected chi connectivity index (χ2v) is 5.98. The van der Waals surface area contributed by atoms with Crippen LogP contribution in [-0.2, 0) is 0 Å². The van der Waals surface area contributed by atoms with E-state index >= 15 is 0 Å². The molecule has 1 aliphatic rings. The van der Waals surface area contributed by atoms with Gasteiger partial charge in [0.15, 0.2) is 0 Å². The third-order valence-corrected chi connectivity index (χ3v) is 4.02. The monoisotopic (exact) mass is 298 g/mol. The Kier molecular flexibility index (Phi) is 4.18. The fraction of sp³-hybridized carbons (Fsp3) is 0.500. The van der Waals surface area contributed by atoms with Crippen molar-refractivity contribution >= 4 is 11.8 Å². The Morgan fingerprint density at radius 2 is 2.09 bits per heavy atom. The van der Waals surface area contributed by atoms with E-state index in [1.54, 1.807) is 6.33 Å². The number of aryl methyl sites for hydroxylation is 1. The van der Waals surface area contributed by atoms with Gasteiger partial charge < -0.3 is 9.80 Å². The first kappa shape index (κ1) is 14.7. The van der Waals surface area contributed by atoms with Crippen molar-refractivity contribution in [1.29, 1.82) is 0 Å². The maximum Gasteiger partial charge on any atom is 0.224 e. The quantitative estimate of drug-likeness (QED) is 0.864. The summed E-state index contributed by atoms with van der Waals surface area (Å²) in [4.78, 5) is 21.9. The van der Waals surface area contributed by atoms with E-state index in [0.717, 1.165) is 49.1 Å². The zero-order valence-corrected chi connectivity index (χ0v) is 13.4. The Labute approximate surface area is 131 Å². The third-order valence-electron chi connectivity index (χ3n) is 4.02. The van der Waals surface area contributed by atoms with Crippen molar-refractivity contribution in [3.63, 3.8) is 0 Å². The number of anilines is 2. The van der Waals surface area contributed by atoms with Gasteiger partial charge in [-0.3, -0.25) is 0 Å². The van der Waals surface area contributed by atoms with Crippen LogP contribution in [0.2, 0.25) is 0 Å². The van der Waals surface area contributed by atoms with Gasteiger partial charge in [-0.25, -0.2) is 19.9 Å². The van der Waals surface area contributed by atoms with Gasteiger partial charge in [0.1, 0.15) is 12.1 Å². The average Bonchev–Trinajstić information content (AvgIpc) is 2.55. The van der Waals surface area contributed by atoms with Gasteiger partial charge in [-0.1, -0.05) is 0 Å². The Morgan fingerprint density at radius 1 is 1.23 bits per heavy atom. The van der Waals surface area contributed by atoms with Crippen LogP contribution in [0.25, 0.3) is 0 Å². The summed E-state index contributed by atoms with van der Waals surface area (Å²) in [5.41, 5.74) is 2.12. The summed E-state index contributed by atoms with van der Waals surface area (Å²) in [6.07, 6.45) is 5.80. The molecule has 0 unspecified atom stereocenters. The molecular weight excluding hydrogens is 276 g/mol. The normalized spacial score (nSPS) is 18.3. The van der Waals surface area contributed by atoms with Gasteiger partial charge in [0.25, 0.3) is 0 Å². The van der Waals surface area contributed by atoms with Crippen molar-refractivity contribution < 1.29 is 0 Å². The standard InChI is InChI=1S/C16H22N6/c1-12-9-15(19-11-18-12)22-8-4-5-13(10-22)14-6-7-17-16(20-14)21(2)3/h6-7,9,11,13H,4-5,8,10H2,1-3H3/t13-/m1/s1. The summed E-state index contributed by atoms with van der Waals surface area (Å²) < 4.78 is 0. The number of rotatable bonds is 3. The largest absolute Gasteiger partial charge is 0.356 e. The van der Waals surface area contributed by atoms with Gasteiger partial charge in [-0.15, -0.1) is 0 Å². The molecule has 0 radical (unpaired) electrons. The highest BCUT2D eigenvalue weighted by molar-refractivity contribution is 5.40. The Balaban J connectivity index is 1.79. The van der Waals surface area contributed by atoms with Gasteiger partial charge in [-0.2, -0.15) is 0 Å². The molecule has 2 aromatic rings. The molecule has 1 atom stereocenters. The lowest BCUT2D eigenvalue weighted by molar-refractivity contribution is 0.497. The molecule has 2 aromatic heterocycles. The Hall–Kier alpha value is -2.24. The van der Waals surface area contributed by atoms with Crippen LogP contribution in [0.15, 0.2) is 24.7 Å². The summed E-state index contributed by atoms with van der Waals surface area (Å²) in [7, 11) is 3.94. The molecule has 0 bridgehead atoms. The molecule has 0 aromatic carbocycles. The van der Waals surface area contributed by atoms with Crippen LogP contribution in [0, 0.1) is 6.92 Å². The van der Waals surface area contributed by atoms with Crippen molar-refractivity contribution in [1.82, 2.24) is 19.9 Å². The summed E-state index contributed by atoms with van der Waals surface area (Å²) >= 11 is 0. The van der Waals surface area contributed by atoms with E-state index in [9.17, 15) is 0 Å². The molecule has 22 heavy (non-hydrogen) atoms. The number of hydrogen-bond donors (Lipinski definition) is 0. The van der Waals surface area contributed by atoms with Gasteiger partial charge in [0, 0.05) is 51.1 Å². The molecule has 1 fully saturated rings. The molecule has 3 heterocycles. The third kappa shape index (κ3) is 3.16. The highest BCUT2D eigenvalue weighted by Gasteiger charge is 2.24. The van der Waals surface area contributed by atoms with Crippen LogP contribution in [0.5, 0.6) is 0 Å². The fourth-order valence-corrected chi connectivity index (χ4v) is 2.84. The zero-order valence-electron chi connectivity index (χ0n) is 13.4. The Bertz CT molecular complexity index is 642. The van der Waals surface area contributed by atoms with Crippen LogP contribution in [0.1, 0.15) is 30.1 Å². The van der Waals surface area contributed by atoms with E-state index in [1.165, 1.54) is 0 Å². The lowest BCUT2D eigenvalue weighted by Gasteiger charge is -2.33. The van der Waals surface area contributed by atoms with E-state index in [1.807, 2.05) is 44.2 Å².